The number of hydrogen-bond acceptors (Lipinski definition) is 2. The third-order valence-corrected chi connectivity index (χ3v) is 2.96. The van der Waals surface area contributed by atoms with E-state index in [2.05, 4.69) is 4.98 Å². The second-order valence-corrected chi connectivity index (χ2v) is 4.37. The van der Waals surface area contributed by atoms with Gasteiger partial charge in [0.2, 0.25) is 0 Å². The van der Waals surface area contributed by atoms with E-state index in [1.807, 2.05) is 0 Å². The first kappa shape index (κ1) is 13.7. The lowest BCUT2D eigenvalue weighted by Gasteiger charge is -2.06. The Kier molecular flexibility index (Phi) is 3.68. The molecule has 0 aliphatic rings. The molecule has 0 amide bonds. The highest BCUT2D eigenvalue weighted by Crippen LogP contribution is 2.28. The number of carboxylic acids is 1. The molecule has 1 heterocycles. The summed E-state index contributed by atoms with van der Waals surface area (Å²) in [5, 5.41) is 8.41. The van der Waals surface area contributed by atoms with Crippen molar-refractivity contribution in [1.82, 2.24) is 4.98 Å². The van der Waals surface area contributed by atoms with Crippen LogP contribution in [0.4, 0.5) is 8.78 Å². The van der Waals surface area contributed by atoms with Crippen LogP contribution >= 0.6 is 23.2 Å². The zero-order valence-electron chi connectivity index (χ0n) is 9.12. The Morgan fingerprint density at radius 3 is 2.32 bits per heavy atom. The van der Waals surface area contributed by atoms with Gasteiger partial charge in [-0.05, 0) is 24.3 Å². The fraction of sp³-hybridized carbons (Fsp3) is 0. The molecule has 7 heteroatoms. The average Bonchev–Trinajstić information content (AvgIpc) is 2.37. The van der Waals surface area contributed by atoms with Crippen LogP contribution in [0.15, 0.2) is 24.3 Å². The zero-order valence-corrected chi connectivity index (χ0v) is 10.6. The minimum atomic E-state index is -1.36. The van der Waals surface area contributed by atoms with Crippen molar-refractivity contribution in [2.45, 2.75) is 0 Å². The van der Waals surface area contributed by atoms with Crippen molar-refractivity contribution in [3.05, 3.63) is 51.6 Å². The van der Waals surface area contributed by atoms with E-state index in [0.717, 1.165) is 6.07 Å². The SMILES string of the molecule is O=C(O)c1nc(-c2ccc(Cl)c(F)c2F)ccc1Cl. The number of benzene rings is 1. The molecule has 0 atom stereocenters. The molecule has 0 aliphatic carbocycles. The van der Waals surface area contributed by atoms with Gasteiger partial charge in [0.25, 0.3) is 0 Å². The van der Waals surface area contributed by atoms with Crippen LogP contribution in [0.25, 0.3) is 11.3 Å². The first-order valence-corrected chi connectivity index (χ1v) is 5.71. The highest BCUT2D eigenvalue weighted by molar-refractivity contribution is 6.33. The normalized spacial score (nSPS) is 10.5. The van der Waals surface area contributed by atoms with Crippen LogP contribution in [0.5, 0.6) is 0 Å². The van der Waals surface area contributed by atoms with Gasteiger partial charge in [-0.2, -0.15) is 0 Å². The molecule has 0 bridgehead atoms. The van der Waals surface area contributed by atoms with Gasteiger partial charge in [0, 0.05) is 5.56 Å². The standard InChI is InChI=1S/C12H5Cl2F2NO2/c13-6-2-1-5(9(15)10(6)16)8-4-3-7(14)11(17-8)12(18)19/h1-4H,(H,18,19). The highest BCUT2D eigenvalue weighted by atomic mass is 35.5. The number of halogens is 4. The summed E-state index contributed by atoms with van der Waals surface area (Å²) >= 11 is 11.1. The van der Waals surface area contributed by atoms with Crippen molar-refractivity contribution in [1.29, 1.82) is 0 Å². The molecule has 3 nitrogen and oxygen atoms in total. The van der Waals surface area contributed by atoms with Crippen LogP contribution in [-0.2, 0) is 0 Å². The van der Waals surface area contributed by atoms with E-state index in [0.29, 0.717) is 0 Å². The predicted molar refractivity (Wildman–Crippen MR) is 66.6 cm³/mol. The molecule has 98 valence electrons. The smallest absolute Gasteiger partial charge is 0.356 e. The van der Waals surface area contributed by atoms with Gasteiger partial charge in [-0.15, -0.1) is 0 Å². The second-order valence-electron chi connectivity index (χ2n) is 3.55. The number of aromatic nitrogens is 1. The number of nitrogens with zero attached hydrogens (tertiary/aromatic N) is 1. The molecule has 19 heavy (non-hydrogen) atoms. The molecular formula is C12H5Cl2F2NO2. The minimum Gasteiger partial charge on any atom is -0.476 e. The summed E-state index contributed by atoms with van der Waals surface area (Å²) in [6.07, 6.45) is 0. The summed E-state index contributed by atoms with van der Waals surface area (Å²) in [5.74, 6) is -3.77. The quantitative estimate of drug-likeness (QED) is 0.852. The first-order chi connectivity index (χ1) is 8.91. The molecule has 0 saturated carbocycles. The molecule has 1 N–H and O–H groups in total. The van der Waals surface area contributed by atoms with Crippen LogP contribution in [-0.4, -0.2) is 16.1 Å². The summed E-state index contributed by atoms with van der Waals surface area (Å²) in [5.41, 5.74) is -0.676. The summed E-state index contributed by atoms with van der Waals surface area (Å²) in [6.45, 7) is 0. The topological polar surface area (TPSA) is 50.2 Å². The monoisotopic (exact) mass is 303 g/mol. The fourth-order valence-corrected chi connectivity index (χ4v) is 1.80. The average molecular weight is 304 g/mol. The number of carbonyl (C=O) groups is 1. The van der Waals surface area contributed by atoms with Crippen LogP contribution in [0.3, 0.4) is 0 Å². The Balaban J connectivity index is 2.63. The maximum absolute atomic E-state index is 13.7. The van der Waals surface area contributed by atoms with Gasteiger partial charge in [0.15, 0.2) is 17.3 Å². The van der Waals surface area contributed by atoms with Crippen molar-refractivity contribution in [3.63, 3.8) is 0 Å². The molecule has 1 aromatic heterocycles. The Labute approximate surface area is 116 Å². The summed E-state index contributed by atoms with van der Waals surface area (Å²) in [6, 6.07) is 4.91. The van der Waals surface area contributed by atoms with E-state index in [1.165, 1.54) is 18.2 Å². The number of rotatable bonds is 2. The number of carboxylic acid groups (broad SMARTS) is 1. The number of pyridine rings is 1. The van der Waals surface area contributed by atoms with Crippen molar-refractivity contribution < 1.29 is 18.7 Å². The summed E-state index contributed by atoms with van der Waals surface area (Å²) in [7, 11) is 0. The van der Waals surface area contributed by atoms with Gasteiger partial charge >= 0.3 is 5.97 Å². The maximum Gasteiger partial charge on any atom is 0.356 e. The van der Waals surface area contributed by atoms with Gasteiger partial charge < -0.3 is 5.11 Å². The Hall–Kier alpha value is -1.72. The molecule has 1 aromatic carbocycles. The third kappa shape index (κ3) is 2.52. The van der Waals surface area contributed by atoms with E-state index in [9.17, 15) is 13.6 Å². The van der Waals surface area contributed by atoms with Crippen LogP contribution in [0, 0.1) is 11.6 Å². The molecule has 2 rings (SSSR count). The zero-order chi connectivity index (χ0) is 14.2. The molecule has 0 fully saturated rings. The van der Waals surface area contributed by atoms with Gasteiger partial charge in [-0.3, -0.25) is 0 Å². The third-order valence-electron chi connectivity index (χ3n) is 2.36. The lowest BCUT2D eigenvalue weighted by molar-refractivity contribution is 0.0691. The van der Waals surface area contributed by atoms with Gasteiger partial charge in [0.05, 0.1) is 15.7 Å². The van der Waals surface area contributed by atoms with E-state index in [4.69, 9.17) is 28.3 Å². The van der Waals surface area contributed by atoms with Gasteiger partial charge in [-0.1, -0.05) is 23.2 Å². The Bertz CT molecular complexity index is 677. The Morgan fingerprint density at radius 2 is 1.68 bits per heavy atom. The van der Waals surface area contributed by atoms with E-state index in [-0.39, 0.29) is 21.3 Å². The van der Waals surface area contributed by atoms with Crippen molar-refractivity contribution in [2.24, 2.45) is 0 Å². The van der Waals surface area contributed by atoms with Crippen molar-refractivity contribution in [2.75, 3.05) is 0 Å². The van der Waals surface area contributed by atoms with Crippen molar-refractivity contribution >= 4 is 29.2 Å². The van der Waals surface area contributed by atoms with E-state index < -0.39 is 23.3 Å². The second kappa shape index (κ2) is 5.11. The minimum absolute atomic E-state index is 0.0464. The lowest BCUT2D eigenvalue weighted by Crippen LogP contribution is -2.03. The van der Waals surface area contributed by atoms with E-state index >= 15 is 0 Å². The van der Waals surface area contributed by atoms with Crippen LogP contribution in [0.1, 0.15) is 10.5 Å². The number of aromatic carboxylic acids is 1. The van der Waals surface area contributed by atoms with Crippen LogP contribution < -0.4 is 0 Å². The lowest BCUT2D eigenvalue weighted by atomic mass is 10.1. The maximum atomic E-state index is 13.7. The molecule has 0 unspecified atom stereocenters. The molecule has 0 aliphatic heterocycles. The number of hydrogen-bond donors (Lipinski definition) is 1. The van der Waals surface area contributed by atoms with Gasteiger partial charge in [-0.25, -0.2) is 18.6 Å². The predicted octanol–water partition coefficient (Wildman–Crippen LogP) is 4.03. The molecule has 0 saturated heterocycles. The van der Waals surface area contributed by atoms with Crippen LogP contribution in [0.2, 0.25) is 10.0 Å². The fourth-order valence-electron chi connectivity index (χ4n) is 1.47. The molecule has 0 spiro atoms. The summed E-state index contributed by atoms with van der Waals surface area (Å²) < 4.78 is 27.0. The van der Waals surface area contributed by atoms with E-state index in [1.54, 1.807) is 0 Å². The molecule has 2 aromatic rings. The Morgan fingerprint density at radius 1 is 1.05 bits per heavy atom. The largest absolute Gasteiger partial charge is 0.476 e. The summed E-state index contributed by atoms with van der Waals surface area (Å²) in [4.78, 5) is 14.6. The van der Waals surface area contributed by atoms with Gasteiger partial charge in [0.1, 0.15) is 0 Å². The van der Waals surface area contributed by atoms with Crippen molar-refractivity contribution in [3.8, 4) is 11.3 Å². The molecule has 0 radical (unpaired) electrons. The first-order valence-electron chi connectivity index (χ1n) is 4.95. The highest BCUT2D eigenvalue weighted by Gasteiger charge is 2.17. The molecular weight excluding hydrogens is 299 g/mol.